The lowest BCUT2D eigenvalue weighted by molar-refractivity contribution is -0.442. The zero-order chi connectivity index (χ0) is 61.2. The average molecular weight is 1220 g/mol. The number of hydrogen-bond donors (Lipinski definition) is 0. The maximum Gasteiger partial charge on any atom is 0.335 e. The van der Waals surface area contributed by atoms with E-state index in [4.69, 9.17) is 80.6 Å². The first-order valence-electron chi connectivity index (χ1n) is 30.2. The Bertz CT molecular complexity index is 2290. The molecule has 2 aromatic rings. The molecule has 0 saturated carbocycles. The minimum absolute atomic E-state index is 0.0411. The highest BCUT2D eigenvalue weighted by Gasteiger charge is 2.48. The van der Waals surface area contributed by atoms with Crippen LogP contribution in [0.15, 0.2) is 72.5 Å². The summed E-state index contributed by atoms with van der Waals surface area (Å²) in [6, 6.07) is 17.2. The Balaban J connectivity index is 1.23. The van der Waals surface area contributed by atoms with E-state index >= 15 is 0 Å². The second-order valence-corrected chi connectivity index (χ2v) is 20.5. The third kappa shape index (κ3) is 25.5. The van der Waals surface area contributed by atoms with Crippen LogP contribution >= 0.6 is 0 Å². The topological polar surface area (TPSA) is 218 Å². The number of carbonyl (C=O) groups is 3. The van der Waals surface area contributed by atoms with Gasteiger partial charge in [-0.1, -0.05) is 42.5 Å². The van der Waals surface area contributed by atoms with Crippen LogP contribution in [0.2, 0.25) is 0 Å². The van der Waals surface area contributed by atoms with E-state index in [-0.39, 0.29) is 32.5 Å². The Morgan fingerprint density at radius 2 is 0.872 bits per heavy atom. The van der Waals surface area contributed by atoms with Gasteiger partial charge in [0.1, 0.15) is 6.61 Å². The number of para-hydroxylation sites is 2. The number of rotatable bonds is 54. The molecule has 1 saturated heterocycles. The molecular weight excluding hydrogens is 1120 g/mol. The monoisotopic (exact) mass is 1220 g/mol. The largest absolute Gasteiger partial charge is 0.382 e. The summed E-state index contributed by atoms with van der Waals surface area (Å²) in [4.78, 5) is 42.5. The van der Waals surface area contributed by atoms with Crippen LogP contribution in [0.5, 0.6) is 0 Å². The van der Waals surface area contributed by atoms with Crippen molar-refractivity contribution in [2.75, 3.05) is 231 Å². The summed E-state index contributed by atoms with van der Waals surface area (Å²) in [6.45, 7) is 18.9. The summed E-state index contributed by atoms with van der Waals surface area (Å²) in [5.41, 5.74) is 6.14. The van der Waals surface area contributed by atoms with E-state index in [2.05, 4.69) is 90.1 Å². The summed E-state index contributed by atoms with van der Waals surface area (Å²) in [5.74, 6) is -1.75. The van der Waals surface area contributed by atoms with Crippen LogP contribution in [0.4, 0.5) is 11.4 Å². The molecule has 0 N–H and O–H groups in total. The van der Waals surface area contributed by atoms with Crippen LogP contribution in [0, 0.1) is 0 Å². The Morgan fingerprint density at radius 3 is 1.36 bits per heavy atom. The molecule has 3 aliphatic heterocycles. The van der Waals surface area contributed by atoms with Crippen molar-refractivity contribution in [1.29, 1.82) is 0 Å². The minimum atomic E-state index is -0.711. The molecule has 2 atom stereocenters. The highest BCUT2D eigenvalue weighted by Crippen LogP contribution is 2.50. The first kappa shape index (κ1) is 72.1. The number of ether oxygens (including phenoxy) is 16. The zero-order valence-corrected chi connectivity index (χ0v) is 51.8. The molecule has 0 radical (unpaired) electrons. The maximum absolute atomic E-state index is 12.0. The predicted octanol–water partition coefficient (Wildman–Crippen LogP) is 5.19. The first-order chi connectivity index (χ1) is 42.2. The van der Waals surface area contributed by atoms with Crippen molar-refractivity contribution in [3.63, 3.8) is 0 Å². The quantitative estimate of drug-likeness (QED) is 0.0473. The first-order valence-corrected chi connectivity index (χ1v) is 30.2. The van der Waals surface area contributed by atoms with Gasteiger partial charge in [0.15, 0.2) is 12.3 Å². The molecule has 2 aromatic carbocycles. The molecule has 86 heavy (non-hydrogen) atoms. The second kappa shape index (κ2) is 43.9. The lowest BCUT2D eigenvalue weighted by atomic mass is 9.76. The van der Waals surface area contributed by atoms with E-state index in [0.717, 1.165) is 35.6 Å². The van der Waals surface area contributed by atoms with Gasteiger partial charge in [0, 0.05) is 88.4 Å². The van der Waals surface area contributed by atoms with Crippen LogP contribution in [0.3, 0.4) is 0 Å². The molecular formula is C63H98N3O20+. The fraction of sp³-hybridized carbons (Fsp3) is 0.683. The van der Waals surface area contributed by atoms with Crippen LogP contribution in [-0.4, -0.2) is 259 Å². The smallest absolute Gasteiger partial charge is 0.335 e. The summed E-state index contributed by atoms with van der Waals surface area (Å²) < 4.78 is 93.4. The lowest BCUT2D eigenvalue weighted by Crippen LogP contribution is -2.34. The SMILES string of the molecule is COCCOCCOCCOCC[N+]1=C(/C=C/C=C2/N(CCOCCOCCOCCOCCC(=O)ON3C(=O)CCC3=O)c3ccccc3C2(C)CCOCCOCCOCCOC)C(C)(CCOCCOCCOCCOC)c2ccccc21. The van der Waals surface area contributed by atoms with E-state index in [1.165, 1.54) is 11.1 Å². The molecule has 3 aliphatic rings. The van der Waals surface area contributed by atoms with Gasteiger partial charge < -0.3 is 85.5 Å². The fourth-order valence-corrected chi connectivity index (χ4v) is 9.91. The molecule has 0 spiro atoms. The molecule has 1 fully saturated rings. The molecule has 484 valence electrons. The maximum atomic E-state index is 12.0. The van der Waals surface area contributed by atoms with Gasteiger partial charge in [0.25, 0.3) is 11.8 Å². The molecule has 0 aliphatic carbocycles. The number of fused-ring (bicyclic) bond motifs is 2. The van der Waals surface area contributed by atoms with Gasteiger partial charge in [0.05, 0.1) is 184 Å². The second-order valence-electron chi connectivity index (χ2n) is 20.5. The van der Waals surface area contributed by atoms with E-state index in [0.29, 0.717) is 197 Å². The van der Waals surface area contributed by atoms with E-state index in [9.17, 15) is 14.4 Å². The van der Waals surface area contributed by atoms with Crippen molar-refractivity contribution < 1.29 is 99.6 Å². The molecule has 2 unspecified atom stereocenters. The number of methoxy groups -OCH3 is 3. The summed E-state index contributed by atoms with van der Waals surface area (Å²) in [7, 11) is 4.96. The Hall–Kier alpha value is -4.64. The number of allylic oxidation sites excluding steroid dienone is 4. The fourth-order valence-electron chi connectivity index (χ4n) is 9.91. The van der Waals surface area contributed by atoms with Crippen molar-refractivity contribution in [3.8, 4) is 0 Å². The Morgan fingerprint density at radius 1 is 0.477 bits per heavy atom. The van der Waals surface area contributed by atoms with Gasteiger partial charge in [-0.2, -0.15) is 4.58 Å². The molecule has 0 bridgehead atoms. The number of hydrogen-bond acceptors (Lipinski definition) is 21. The highest BCUT2D eigenvalue weighted by atomic mass is 16.7. The average Bonchev–Trinajstić information content (AvgIpc) is 1.75. The number of anilines is 1. The van der Waals surface area contributed by atoms with Crippen LogP contribution in [-0.2, 0) is 106 Å². The molecule has 0 aromatic heterocycles. The van der Waals surface area contributed by atoms with Gasteiger partial charge in [0.2, 0.25) is 5.69 Å². The van der Waals surface area contributed by atoms with Crippen LogP contribution < -0.4 is 4.90 Å². The van der Waals surface area contributed by atoms with Gasteiger partial charge >= 0.3 is 5.97 Å². The van der Waals surface area contributed by atoms with Gasteiger partial charge in [-0.25, -0.2) is 4.79 Å². The Labute approximate surface area is 509 Å². The number of imide groups is 1. The summed E-state index contributed by atoms with van der Waals surface area (Å²) in [5, 5.41) is 0.529. The lowest BCUT2D eigenvalue weighted by Gasteiger charge is -2.30. The molecule has 23 heteroatoms. The number of amides is 2. The van der Waals surface area contributed by atoms with Crippen molar-refractivity contribution in [1.82, 2.24) is 5.06 Å². The van der Waals surface area contributed by atoms with Crippen LogP contribution in [0.1, 0.15) is 57.1 Å². The minimum Gasteiger partial charge on any atom is -0.382 e. The number of hydroxylamine groups is 2. The van der Waals surface area contributed by atoms with Gasteiger partial charge in [-0.15, -0.1) is 5.06 Å². The van der Waals surface area contributed by atoms with Crippen molar-refractivity contribution in [2.45, 2.75) is 56.8 Å². The van der Waals surface area contributed by atoms with Gasteiger partial charge in [-0.3, -0.25) is 9.59 Å². The van der Waals surface area contributed by atoms with E-state index in [1.807, 2.05) is 0 Å². The molecule has 23 nitrogen and oxygen atoms in total. The Kier molecular flexibility index (Phi) is 36.8. The third-order valence-electron chi connectivity index (χ3n) is 14.5. The highest BCUT2D eigenvalue weighted by molar-refractivity contribution is 6.03. The third-order valence-corrected chi connectivity index (χ3v) is 14.5. The molecule has 2 amide bonds. The van der Waals surface area contributed by atoms with Gasteiger partial charge in [-0.05, 0) is 44.4 Å². The number of carbonyl (C=O) groups excluding carboxylic acids is 3. The van der Waals surface area contributed by atoms with Crippen LogP contribution in [0.25, 0.3) is 0 Å². The van der Waals surface area contributed by atoms with Crippen molar-refractivity contribution >= 4 is 34.9 Å². The summed E-state index contributed by atoms with van der Waals surface area (Å²) >= 11 is 0. The van der Waals surface area contributed by atoms with Crippen molar-refractivity contribution in [2.24, 2.45) is 0 Å². The van der Waals surface area contributed by atoms with Crippen molar-refractivity contribution in [3.05, 3.63) is 83.6 Å². The predicted molar refractivity (Wildman–Crippen MR) is 319 cm³/mol. The number of benzene rings is 2. The van der Waals surface area contributed by atoms with E-state index < -0.39 is 28.6 Å². The standard InChI is InChI=1S/C63H98N3O20/c1-62(20-25-74-36-41-82-48-45-78-32-29-70-3)53-11-6-8-13-55(53)64(22-27-76-38-43-84-50-47-80-34-31-72-5)57(62)15-10-16-58-63(2,21-26-75-37-42-83-49-46-79-33-30-71-4)54-12-7-9-14-56(54)65(58)23-28-77-39-44-85-52-51-81-40-35-73-24-19-61(69)86-66-59(67)17-18-60(66)68/h6-16H,17-52H2,1-5H3/q+1. The molecule has 3 heterocycles. The van der Waals surface area contributed by atoms with E-state index in [1.54, 1.807) is 21.3 Å². The number of nitrogens with zero attached hydrogens (tertiary/aromatic N) is 3. The normalized spacial score (nSPS) is 18.0. The molecule has 5 rings (SSSR count). The zero-order valence-electron chi connectivity index (χ0n) is 51.8. The summed E-state index contributed by atoms with van der Waals surface area (Å²) in [6.07, 6.45) is 8.14.